The molecular weight excluding hydrogens is 267 g/mol. The van der Waals surface area contributed by atoms with Crippen molar-refractivity contribution in [1.29, 1.82) is 0 Å². The summed E-state index contributed by atoms with van der Waals surface area (Å²) >= 11 is 0. The Labute approximate surface area is 117 Å². The van der Waals surface area contributed by atoms with Gasteiger partial charge in [0.15, 0.2) is 0 Å². The summed E-state index contributed by atoms with van der Waals surface area (Å²) in [6.45, 7) is 3.11. The van der Waals surface area contributed by atoms with Crippen LogP contribution in [0.25, 0.3) is 0 Å². The molecule has 0 bridgehead atoms. The third kappa shape index (κ3) is 3.96. The summed E-state index contributed by atoms with van der Waals surface area (Å²) in [5.74, 6) is 0.234. The topological polar surface area (TPSA) is 21.3 Å². The Bertz CT molecular complexity index is 401. The van der Waals surface area contributed by atoms with Gasteiger partial charge in [0, 0.05) is 19.3 Å². The second kappa shape index (κ2) is 6.59. The second-order valence-electron chi connectivity index (χ2n) is 5.29. The standard InChI is InChI=1S/C15H20F3NO/c1-11(12-7-9-20-10-8-12)19-14(15(16,17)18)13-5-3-2-4-6-13/h2-6,11-12,14,19H,7-10H2,1H3. The van der Waals surface area contributed by atoms with Crippen molar-refractivity contribution in [2.45, 2.75) is 38.0 Å². The van der Waals surface area contributed by atoms with E-state index in [0.29, 0.717) is 13.2 Å². The molecule has 1 saturated heterocycles. The number of alkyl halides is 3. The summed E-state index contributed by atoms with van der Waals surface area (Å²) in [5, 5.41) is 2.76. The first kappa shape index (κ1) is 15.3. The van der Waals surface area contributed by atoms with Crippen LogP contribution in [-0.4, -0.2) is 25.4 Å². The number of hydrogen-bond donors (Lipinski definition) is 1. The Morgan fingerprint density at radius 3 is 2.30 bits per heavy atom. The Morgan fingerprint density at radius 2 is 1.75 bits per heavy atom. The van der Waals surface area contributed by atoms with Crippen LogP contribution >= 0.6 is 0 Å². The highest BCUT2D eigenvalue weighted by molar-refractivity contribution is 5.20. The van der Waals surface area contributed by atoms with Gasteiger partial charge < -0.3 is 4.74 Å². The second-order valence-corrected chi connectivity index (χ2v) is 5.29. The molecule has 2 atom stereocenters. The van der Waals surface area contributed by atoms with Gasteiger partial charge in [0.25, 0.3) is 0 Å². The smallest absolute Gasteiger partial charge is 0.381 e. The predicted molar refractivity (Wildman–Crippen MR) is 71.4 cm³/mol. The lowest BCUT2D eigenvalue weighted by atomic mass is 9.91. The molecule has 2 unspecified atom stereocenters. The fraction of sp³-hybridized carbons (Fsp3) is 0.600. The molecule has 1 heterocycles. The van der Waals surface area contributed by atoms with Gasteiger partial charge in [0.05, 0.1) is 0 Å². The molecular formula is C15H20F3NO. The molecule has 0 amide bonds. The number of rotatable bonds is 4. The van der Waals surface area contributed by atoms with Gasteiger partial charge in [0.1, 0.15) is 6.04 Å². The maximum Gasteiger partial charge on any atom is 0.407 e. The fourth-order valence-electron chi connectivity index (χ4n) is 2.64. The average Bonchev–Trinajstić information content (AvgIpc) is 2.45. The van der Waals surface area contributed by atoms with Crippen LogP contribution in [0.5, 0.6) is 0 Å². The monoisotopic (exact) mass is 287 g/mol. The maximum atomic E-state index is 13.2. The number of nitrogens with one attached hydrogen (secondary N) is 1. The molecule has 5 heteroatoms. The van der Waals surface area contributed by atoms with Gasteiger partial charge in [-0.1, -0.05) is 30.3 Å². The first-order chi connectivity index (χ1) is 9.48. The molecule has 1 aliphatic rings. The zero-order valence-corrected chi connectivity index (χ0v) is 11.5. The van der Waals surface area contributed by atoms with Crippen molar-refractivity contribution in [1.82, 2.24) is 5.32 Å². The van der Waals surface area contributed by atoms with Crippen molar-refractivity contribution in [2.75, 3.05) is 13.2 Å². The van der Waals surface area contributed by atoms with E-state index in [2.05, 4.69) is 5.32 Å². The van der Waals surface area contributed by atoms with Crippen LogP contribution in [0.15, 0.2) is 30.3 Å². The van der Waals surface area contributed by atoms with E-state index in [-0.39, 0.29) is 17.5 Å². The van der Waals surface area contributed by atoms with E-state index in [1.807, 2.05) is 6.92 Å². The van der Waals surface area contributed by atoms with Crippen molar-refractivity contribution in [3.8, 4) is 0 Å². The van der Waals surface area contributed by atoms with Crippen LogP contribution < -0.4 is 5.32 Å². The largest absolute Gasteiger partial charge is 0.407 e. The normalized spacial score (nSPS) is 20.6. The summed E-state index contributed by atoms with van der Waals surface area (Å²) < 4.78 is 45.0. The van der Waals surface area contributed by atoms with Crippen molar-refractivity contribution in [3.63, 3.8) is 0 Å². The van der Waals surface area contributed by atoms with E-state index < -0.39 is 12.2 Å². The SMILES string of the molecule is CC(NC(c1ccccc1)C(F)(F)F)C1CCOCC1. The molecule has 1 aromatic carbocycles. The first-order valence-electron chi connectivity index (χ1n) is 6.94. The lowest BCUT2D eigenvalue weighted by Crippen LogP contribution is -2.44. The fourth-order valence-corrected chi connectivity index (χ4v) is 2.64. The molecule has 112 valence electrons. The molecule has 0 spiro atoms. The zero-order chi connectivity index (χ0) is 14.6. The van der Waals surface area contributed by atoms with Gasteiger partial charge in [-0.2, -0.15) is 13.2 Å². The van der Waals surface area contributed by atoms with E-state index in [4.69, 9.17) is 4.74 Å². The van der Waals surface area contributed by atoms with E-state index in [1.165, 1.54) is 12.1 Å². The molecule has 2 rings (SSSR count). The minimum absolute atomic E-state index is 0.189. The van der Waals surface area contributed by atoms with E-state index in [1.54, 1.807) is 18.2 Å². The van der Waals surface area contributed by atoms with E-state index in [9.17, 15) is 13.2 Å². The summed E-state index contributed by atoms with van der Waals surface area (Å²) in [6, 6.07) is 6.22. The summed E-state index contributed by atoms with van der Waals surface area (Å²) in [6.07, 6.45) is -2.66. The van der Waals surface area contributed by atoms with Crippen molar-refractivity contribution in [2.24, 2.45) is 5.92 Å². The first-order valence-corrected chi connectivity index (χ1v) is 6.94. The van der Waals surface area contributed by atoms with Crippen LogP contribution in [-0.2, 0) is 4.74 Å². The van der Waals surface area contributed by atoms with Crippen LogP contribution in [0.3, 0.4) is 0 Å². The van der Waals surface area contributed by atoms with Gasteiger partial charge >= 0.3 is 6.18 Å². The third-order valence-corrected chi connectivity index (χ3v) is 3.86. The Kier molecular flexibility index (Phi) is 5.05. The van der Waals surface area contributed by atoms with Gasteiger partial charge in [0.2, 0.25) is 0 Å². The zero-order valence-electron chi connectivity index (χ0n) is 11.5. The molecule has 1 aliphatic heterocycles. The summed E-state index contributed by atoms with van der Waals surface area (Å²) in [4.78, 5) is 0. The minimum Gasteiger partial charge on any atom is -0.381 e. The van der Waals surface area contributed by atoms with Gasteiger partial charge in [-0.15, -0.1) is 0 Å². The number of halogens is 3. The maximum absolute atomic E-state index is 13.2. The Hall–Kier alpha value is -1.07. The highest BCUT2D eigenvalue weighted by Crippen LogP contribution is 2.34. The lowest BCUT2D eigenvalue weighted by molar-refractivity contribution is -0.160. The van der Waals surface area contributed by atoms with Crippen LogP contribution in [0.2, 0.25) is 0 Å². The molecule has 0 aliphatic carbocycles. The van der Waals surface area contributed by atoms with Crippen molar-refractivity contribution < 1.29 is 17.9 Å². The average molecular weight is 287 g/mol. The molecule has 0 saturated carbocycles. The molecule has 1 fully saturated rings. The molecule has 0 radical (unpaired) electrons. The molecule has 0 aromatic heterocycles. The highest BCUT2D eigenvalue weighted by atomic mass is 19.4. The molecule has 1 N–H and O–H groups in total. The molecule has 20 heavy (non-hydrogen) atoms. The quantitative estimate of drug-likeness (QED) is 0.912. The predicted octanol–water partition coefficient (Wildman–Crippen LogP) is 3.69. The van der Waals surface area contributed by atoms with Crippen LogP contribution in [0, 0.1) is 5.92 Å². The van der Waals surface area contributed by atoms with Crippen LogP contribution in [0.1, 0.15) is 31.4 Å². The number of benzene rings is 1. The Morgan fingerprint density at radius 1 is 1.15 bits per heavy atom. The number of ether oxygens (including phenoxy) is 1. The van der Waals surface area contributed by atoms with Gasteiger partial charge in [-0.25, -0.2) is 0 Å². The highest BCUT2D eigenvalue weighted by Gasteiger charge is 2.42. The van der Waals surface area contributed by atoms with Crippen LogP contribution in [0.4, 0.5) is 13.2 Å². The summed E-state index contributed by atoms with van der Waals surface area (Å²) in [7, 11) is 0. The van der Waals surface area contributed by atoms with E-state index >= 15 is 0 Å². The Balaban J connectivity index is 2.08. The lowest BCUT2D eigenvalue weighted by Gasteiger charge is -2.32. The summed E-state index contributed by atoms with van der Waals surface area (Å²) in [5.41, 5.74) is 0.263. The minimum atomic E-state index is -4.29. The number of hydrogen-bond acceptors (Lipinski definition) is 2. The van der Waals surface area contributed by atoms with Gasteiger partial charge in [-0.05, 0) is 31.2 Å². The van der Waals surface area contributed by atoms with Gasteiger partial charge in [-0.3, -0.25) is 5.32 Å². The van der Waals surface area contributed by atoms with E-state index in [0.717, 1.165) is 12.8 Å². The third-order valence-electron chi connectivity index (χ3n) is 3.86. The molecule has 1 aromatic rings. The van der Waals surface area contributed by atoms with Crippen molar-refractivity contribution in [3.05, 3.63) is 35.9 Å². The van der Waals surface area contributed by atoms with Crippen molar-refractivity contribution >= 4 is 0 Å². The molecule has 2 nitrogen and oxygen atoms in total.